The van der Waals surface area contributed by atoms with Crippen LogP contribution in [0, 0.1) is 11.3 Å². The number of nitriles is 1. The van der Waals surface area contributed by atoms with Gasteiger partial charge in [-0.2, -0.15) is 10.4 Å². The second-order valence-electron chi connectivity index (χ2n) is 6.18. The standard InChI is InChI=1S/C19H18N6O4S.ClH/c1-29-19(28)14(7-21)24-18(27)16-11(6-20)5-15(30-16)17(26)22-8-10-3-2-4-13-12(10)9-23-25-13;/h2-5,9,14H,7-8,21H2,1H3,(H,22,26)(H,23,25)(H,24,27);1H/t14-;/m0./s1. The smallest absolute Gasteiger partial charge is 0.329 e. The van der Waals surface area contributed by atoms with Crippen molar-refractivity contribution in [2.24, 2.45) is 5.73 Å². The van der Waals surface area contributed by atoms with Crippen molar-refractivity contribution in [3.8, 4) is 6.07 Å². The number of hydrogen-bond donors (Lipinski definition) is 4. The van der Waals surface area contributed by atoms with Gasteiger partial charge in [0.2, 0.25) is 0 Å². The van der Waals surface area contributed by atoms with E-state index in [0.717, 1.165) is 27.8 Å². The molecule has 162 valence electrons. The van der Waals surface area contributed by atoms with Gasteiger partial charge in [0.15, 0.2) is 0 Å². The van der Waals surface area contributed by atoms with Crippen LogP contribution < -0.4 is 16.4 Å². The van der Waals surface area contributed by atoms with E-state index in [1.165, 1.54) is 13.2 Å². The van der Waals surface area contributed by atoms with E-state index < -0.39 is 23.8 Å². The molecule has 12 heteroatoms. The fraction of sp³-hybridized carbons (Fsp3) is 0.211. The number of ether oxygens (including phenoxy) is 1. The van der Waals surface area contributed by atoms with Crippen LogP contribution in [0.1, 0.15) is 30.5 Å². The minimum absolute atomic E-state index is 0. The largest absolute Gasteiger partial charge is 0.467 e. The number of hydrogen-bond acceptors (Lipinski definition) is 8. The third kappa shape index (κ3) is 5.18. The number of aromatic nitrogens is 2. The van der Waals surface area contributed by atoms with Crippen molar-refractivity contribution in [3.05, 3.63) is 51.3 Å². The molecule has 0 aliphatic rings. The maximum absolute atomic E-state index is 12.6. The van der Waals surface area contributed by atoms with Crippen LogP contribution in [0.25, 0.3) is 10.9 Å². The number of fused-ring (bicyclic) bond motifs is 1. The molecule has 0 saturated heterocycles. The van der Waals surface area contributed by atoms with Gasteiger partial charge in [-0.15, -0.1) is 23.7 Å². The second kappa shape index (κ2) is 10.5. The highest BCUT2D eigenvalue weighted by molar-refractivity contribution is 7.16. The summed E-state index contributed by atoms with van der Waals surface area (Å²) in [5, 5.41) is 22.2. The van der Waals surface area contributed by atoms with Crippen LogP contribution >= 0.6 is 23.7 Å². The molecule has 0 aliphatic carbocycles. The minimum atomic E-state index is -1.05. The molecule has 0 aliphatic heterocycles. The number of nitrogens with zero attached hydrogens (tertiary/aromatic N) is 2. The Kier molecular flexibility index (Phi) is 8.09. The Bertz CT molecular complexity index is 1150. The molecule has 31 heavy (non-hydrogen) atoms. The zero-order valence-corrected chi connectivity index (χ0v) is 17.9. The number of esters is 1. The molecule has 0 spiro atoms. The lowest BCUT2D eigenvalue weighted by atomic mass is 10.1. The molecule has 5 N–H and O–H groups in total. The van der Waals surface area contributed by atoms with Crippen LogP contribution in [0.4, 0.5) is 0 Å². The molecule has 0 bridgehead atoms. The number of carbonyl (C=O) groups excluding carboxylic acids is 3. The first-order chi connectivity index (χ1) is 14.5. The first kappa shape index (κ1) is 23.8. The Morgan fingerprint density at radius 2 is 2.13 bits per heavy atom. The lowest BCUT2D eigenvalue weighted by molar-refractivity contribution is -0.142. The Hall–Kier alpha value is -3.46. The topological polar surface area (TPSA) is 163 Å². The number of amides is 2. The van der Waals surface area contributed by atoms with Crippen LogP contribution in [0.5, 0.6) is 0 Å². The van der Waals surface area contributed by atoms with Crippen molar-refractivity contribution >= 4 is 52.4 Å². The Balaban J connectivity index is 0.00000341. The van der Waals surface area contributed by atoms with E-state index in [0.29, 0.717) is 0 Å². The van der Waals surface area contributed by atoms with Crippen molar-refractivity contribution in [3.63, 3.8) is 0 Å². The summed E-state index contributed by atoms with van der Waals surface area (Å²) in [6.07, 6.45) is 1.67. The molecule has 3 aromatic rings. The van der Waals surface area contributed by atoms with Crippen molar-refractivity contribution in [1.82, 2.24) is 20.8 Å². The van der Waals surface area contributed by atoms with Gasteiger partial charge in [0, 0.05) is 18.5 Å². The first-order valence-corrected chi connectivity index (χ1v) is 9.62. The summed E-state index contributed by atoms with van der Waals surface area (Å²) < 4.78 is 4.57. The minimum Gasteiger partial charge on any atom is -0.467 e. The third-order valence-corrected chi connectivity index (χ3v) is 5.46. The van der Waals surface area contributed by atoms with Crippen molar-refractivity contribution in [2.45, 2.75) is 12.6 Å². The maximum Gasteiger partial charge on any atom is 0.329 e. The van der Waals surface area contributed by atoms with Gasteiger partial charge >= 0.3 is 5.97 Å². The van der Waals surface area contributed by atoms with E-state index in [1.807, 2.05) is 24.3 Å². The fourth-order valence-electron chi connectivity index (χ4n) is 2.78. The number of thiophene rings is 1. The molecule has 0 saturated carbocycles. The highest BCUT2D eigenvalue weighted by Crippen LogP contribution is 2.23. The summed E-state index contributed by atoms with van der Waals surface area (Å²) in [7, 11) is 1.18. The molecule has 2 amide bonds. The van der Waals surface area contributed by atoms with Gasteiger partial charge < -0.3 is 21.1 Å². The van der Waals surface area contributed by atoms with E-state index in [2.05, 4.69) is 25.6 Å². The zero-order chi connectivity index (χ0) is 21.7. The van der Waals surface area contributed by atoms with E-state index in [4.69, 9.17) is 5.73 Å². The fourth-order valence-corrected chi connectivity index (χ4v) is 3.71. The molecule has 10 nitrogen and oxygen atoms in total. The number of methoxy groups -OCH3 is 1. The lowest BCUT2D eigenvalue weighted by Crippen LogP contribution is -2.46. The number of H-pyrrole nitrogens is 1. The molecule has 1 aromatic carbocycles. The SMILES string of the molecule is COC(=O)[C@H](CN)NC(=O)c1sc(C(=O)NCc2cccc3[nH]ncc23)cc1C#N.Cl. The maximum atomic E-state index is 12.6. The van der Waals surface area contributed by atoms with Crippen LogP contribution in [0.3, 0.4) is 0 Å². The number of nitrogens with one attached hydrogen (secondary N) is 3. The summed E-state index contributed by atoms with van der Waals surface area (Å²) in [4.78, 5) is 36.9. The van der Waals surface area contributed by atoms with Gasteiger partial charge in [-0.25, -0.2) is 4.79 Å². The summed E-state index contributed by atoms with van der Waals surface area (Å²) in [5.74, 6) is -1.81. The molecule has 2 heterocycles. The number of nitrogens with two attached hydrogens (primary N) is 1. The molecule has 3 rings (SSSR count). The van der Waals surface area contributed by atoms with Crippen LogP contribution in [-0.4, -0.2) is 47.7 Å². The quantitative estimate of drug-likeness (QED) is 0.381. The van der Waals surface area contributed by atoms with Gasteiger partial charge in [-0.1, -0.05) is 12.1 Å². The molecular weight excluding hydrogens is 444 g/mol. The summed E-state index contributed by atoms with van der Waals surface area (Å²) in [6.45, 7) is 0.0766. The van der Waals surface area contributed by atoms with E-state index in [9.17, 15) is 19.6 Å². The monoisotopic (exact) mass is 462 g/mol. The Morgan fingerprint density at radius 1 is 1.35 bits per heavy atom. The van der Waals surface area contributed by atoms with Crippen LogP contribution in [0.2, 0.25) is 0 Å². The molecule has 0 unspecified atom stereocenters. The summed E-state index contributed by atoms with van der Waals surface area (Å²) in [6, 6.07) is 7.76. The number of halogens is 1. The highest BCUT2D eigenvalue weighted by Gasteiger charge is 2.25. The average Bonchev–Trinajstić information content (AvgIpc) is 3.42. The van der Waals surface area contributed by atoms with E-state index in [-0.39, 0.29) is 40.8 Å². The van der Waals surface area contributed by atoms with Crippen molar-refractivity contribution in [1.29, 1.82) is 5.26 Å². The van der Waals surface area contributed by atoms with E-state index >= 15 is 0 Å². The van der Waals surface area contributed by atoms with Gasteiger partial charge in [0.1, 0.15) is 17.0 Å². The van der Waals surface area contributed by atoms with Gasteiger partial charge in [0.25, 0.3) is 11.8 Å². The first-order valence-electron chi connectivity index (χ1n) is 8.80. The number of rotatable bonds is 7. The molecule has 1 atom stereocenters. The zero-order valence-electron chi connectivity index (χ0n) is 16.3. The molecule has 0 radical (unpaired) electrons. The van der Waals surface area contributed by atoms with E-state index in [1.54, 1.807) is 6.20 Å². The molecule has 2 aromatic heterocycles. The van der Waals surface area contributed by atoms with Gasteiger partial charge in [-0.3, -0.25) is 14.7 Å². The number of benzene rings is 1. The Morgan fingerprint density at radius 3 is 2.81 bits per heavy atom. The number of aromatic amines is 1. The Labute approximate surface area is 187 Å². The van der Waals surface area contributed by atoms with Gasteiger partial charge in [-0.05, 0) is 17.7 Å². The molecule has 0 fully saturated rings. The lowest BCUT2D eigenvalue weighted by Gasteiger charge is -2.13. The predicted octanol–water partition coefficient (Wildman–Crippen LogP) is 1.08. The predicted molar refractivity (Wildman–Crippen MR) is 116 cm³/mol. The normalized spacial score (nSPS) is 11.1. The average molecular weight is 463 g/mol. The number of carbonyl (C=O) groups is 3. The van der Waals surface area contributed by atoms with Crippen LogP contribution in [0.15, 0.2) is 30.5 Å². The van der Waals surface area contributed by atoms with Crippen molar-refractivity contribution < 1.29 is 19.1 Å². The summed E-state index contributed by atoms with van der Waals surface area (Å²) >= 11 is 0.854. The van der Waals surface area contributed by atoms with Crippen LogP contribution in [-0.2, 0) is 16.1 Å². The van der Waals surface area contributed by atoms with Crippen molar-refractivity contribution in [2.75, 3.05) is 13.7 Å². The molecular formula is C19H19ClN6O4S. The van der Waals surface area contributed by atoms with Gasteiger partial charge in [0.05, 0.1) is 29.3 Å². The highest BCUT2D eigenvalue weighted by atomic mass is 35.5. The summed E-state index contributed by atoms with van der Waals surface area (Å²) in [5.41, 5.74) is 7.23. The second-order valence-corrected chi connectivity index (χ2v) is 7.23. The third-order valence-electron chi connectivity index (χ3n) is 4.32.